The molecule has 2 aromatic carbocycles. The Hall–Kier alpha value is -0.870. The van der Waals surface area contributed by atoms with Crippen molar-refractivity contribution in [3.8, 4) is 0 Å². The Kier molecular flexibility index (Phi) is 4.99. The third-order valence-electron chi connectivity index (χ3n) is 3.08. The highest BCUT2D eigenvalue weighted by atomic mass is 79.9. The minimum absolute atomic E-state index is 0.0395. The van der Waals surface area contributed by atoms with Gasteiger partial charge in [-0.1, -0.05) is 51.8 Å². The molecule has 0 aliphatic rings. The van der Waals surface area contributed by atoms with E-state index < -0.39 is 0 Å². The predicted octanol–water partition coefficient (Wildman–Crippen LogP) is 4.16. The monoisotopic (exact) mass is 338 g/mol. The zero-order valence-electron chi connectivity index (χ0n) is 10.7. The zero-order chi connectivity index (χ0) is 13.8. The van der Waals surface area contributed by atoms with Crippen molar-refractivity contribution in [3.05, 3.63) is 68.7 Å². The molecule has 2 nitrogen and oxygen atoms in total. The van der Waals surface area contributed by atoms with Gasteiger partial charge in [-0.05, 0) is 48.2 Å². The molecular weight excluding hydrogens is 324 g/mol. The van der Waals surface area contributed by atoms with Gasteiger partial charge in [0, 0.05) is 9.50 Å². The molecular formula is C15H16BrClN2. The van der Waals surface area contributed by atoms with Gasteiger partial charge >= 0.3 is 0 Å². The first kappa shape index (κ1) is 14.5. The third-order valence-corrected chi connectivity index (χ3v) is 3.93. The van der Waals surface area contributed by atoms with E-state index in [2.05, 4.69) is 45.6 Å². The van der Waals surface area contributed by atoms with Crippen LogP contribution in [-0.4, -0.2) is 0 Å². The minimum Gasteiger partial charge on any atom is -0.271 e. The first-order chi connectivity index (χ1) is 9.10. The summed E-state index contributed by atoms with van der Waals surface area (Å²) >= 11 is 9.75. The molecule has 1 unspecified atom stereocenters. The second-order valence-electron chi connectivity index (χ2n) is 4.57. The summed E-state index contributed by atoms with van der Waals surface area (Å²) in [6, 6.07) is 14.2. The Morgan fingerprint density at radius 3 is 2.68 bits per heavy atom. The molecule has 0 heterocycles. The van der Waals surface area contributed by atoms with Crippen LogP contribution in [0.1, 0.15) is 22.7 Å². The number of halogens is 2. The first-order valence-electron chi connectivity index (χ1n) is 6.07. The lowest BCUT2D eigenvalue weighted by Crippen LogP contribution is -2.29. The van der Waals surface area contributed by atoms with Crippen LogP contribution in [0.4, 0.5) is 0 Å². The first-order valence-corrected chi connectivity index (χ1v) is 7.24. The standard InChI is InChI=1S/C15H16BrClN2/c1-10-5-6-11(14(17)7-10)9-15(19-18)12-3-2-4-13(16)8-12/h2-8,15,19H,9,18H2,1H3. The fraction of sp³-hybridized carbons (Fsp3) is 0.200. The molecule has 0 radical (unpaired) electrons. The second kappa shape index (κ2) is 6.53. The van der Waals surface area contributed by atoms with Gasteiger partial charge in [-0.3, -0.25) is 11.3 Å². The number of benzene rings is 2. The molecule has 3 N–H and O–H groups in total. The Morgan fingerprint density at radius 2 is 2.05 bits per heavy atom. The van der Waals surface area contributed by atoms with Gasteiger partial charge in [-0.15, -0.1) is 0 Å². The van der Waals surface area contributed by atoms with Crippen LogP contribution < -0.4 is 11.3 Å². The van der Waals surface area contributed by atoms with Crippen LogP contribution in [0, 0.1) is 6.92 Å². The van der Waals surface area contributed by atoms with Gasteiger partial charge in [-0.25, -0.2) is 0 Å². The van der Waals surface area contributed by atoms with Crippen LogP contribution in [-0.2, 0) is 6.42 Å². The molecule has 2 aromatic rings. The summed E-state index contributed by atoms with van der Waals surface area (Å²) < 4.78 is 1.04. The van der Waals surface area contributed by atoms with Crippen LogP contribution in [0.5, 0.6) is 0 Å². The van der Waals surface area contributed by atoms with Crippen molar-refractivity contribution in [1.82, 2.24) is 5.43 Å². The van der Waals surface area contributed by atoms with Crippen LogP contribution in [0.25, 0.3) is 0 Å². The molecule has 19 heavy (non-hydrogen) atoms. The van der Waals surface area contributed by atoms with Gasteiger partial charge in [0.25, 0.3) is 0 Å². The van der Waals surface area contributed by atoms with Gasteiger partial charge in [0.15, 0.2) is 0 Å². The molecule has 0 aliphatic heterocycles. The summed E-state index contributed by atoms with van der Waals surface area (Å²) in [5, 5.41) is 0.787. The van der Waals surface area contributed by atoms with Gasteiger partial charge in [0.2, 0.25) is 0 Å². The molecule has 0 aliphatic carbocycles. The number of nitrogens with two attached hydrogens (primary N) is 1. The highest BCUT2D eigenvalue weighted by Gasteiger charge is 2.12. The molecule has 0 spiro atoms. The van der Waals surface area contributed by atoms with Gasteiger partial charge in [0.1, 0.15) is 0 Å². The van der Waals surface area contributed by atoms with E-state index in [0.717, 1.165) is 32.6 Å². The molecule has 0 fully saturated rings. The molecule has 1 atom stereocenters. The summed E-state index contributed by atoms with van der Waals surface area (Å²) in [5.41, 5.74) is 6.24. The van der Waals surface area contributed by atoms with E-state index in [0.29, 0.717) is 0 Å². The molecule has 2 rings (SSSR count). The Morgan fingerprint density at radius 1 is 1.26 bits per heavy atom. The molecule has 0 bridgehead atoms. The van der Waals surface area contributed by atoms with Crippen LogP contribution in [0.2, 0.25) is 5.02 Å². The Balaban J connectivity index is 2.24. The van der Waals surface area contributed by atoms with E-state index in [9.17, 15) is 0 Å². The highest BCUT2D eigenvalue weighted by molar-refractivity contribution is 9.10. The molecule has 0 aromatic heterocycles. The lowest BCUT2D eigenvalue weighted by atomic mass is 9.99. The predicted molar refractivity (Wildman–Crippen MR) is 84.1 cm³/mol. The van der Waals surface area contributed by atoms with E-state index in [1.165, 1.54) is 0 Å². The van der Waals surface area contributed by atoms with Crippen molar-refractivity contribution in [1.29, 1.82) is 0 Å². The molecule has 100 valence electrons. The van der Waals surface area contributed by atoms with Gasteiger partial charge in [0.05, 0.1) is 6.04 Å². The summed E-state index contributed by atoms with van der Waals surface area (Å²) in [6.07, 6.45) is 0.756. The number of aryl methyl sites for hydroxylation is 1. The number of rotatable bonds is 4. The van der Waals surface area contributed by atoms with Gasteiger partial charge in [-0.2, -0.15) is 0 Å². The number of hydrazine groups is 1. The largest absolute Gasteiger partial charge is 0.271 e. The minimum atomic E-state index is 0.0395. The van der Waals surface area contributed by atoms with E-state index in [1.54, 1.807) is 0 Å². The topological polar surface area (TPSA) is 38.0 Å². The maximum absolute atomic E-state index is 6.27. The average molecular weight is 340 g/mol. The van der Waals surface area contributed by atoms with Crippen molar-refractivity contribution >= 4 is 27.5 Å². The van der Waals surface area contributed by atoms with E-state index >= 15 is 0 Å². The summed E-state index contributed by atoms with van der Waals surface area (Å²) in [4.78, 5) is 0. The van der Waals surface area contributed by atoms with E-state index in [-0.39, 0.29) is 6.04 Å². The smallest absolute Gasteiger partial charge is 0.0501 e. The third kappa shape index (κ3) is 3.80. The van der Waals surface area contributed by atoms with Crippen molar-refractivity contribution in [2.75, 3.05) is 0 Å². The summed E-state index contributed by atoms with van der Waals surface area (Å²) in [7, 11) is 0. The zero-order valence-corrected chi connectivity index (χ0v) is 13.0. The summed E-state index contributed by atoms with van der Waals surface area (Å²) in [5.74, 6) is 5.67. The normalized spacial score (nSPS) is 12.4. The second-order valence-corrected chi connectivity index (χ2v) is 5.90. The SMILES string of the molecule is Cc1ccc(CC(NN)c2cccc(Br)c2)c(Cl)c1. The molecule has 0 amide bonds. The fourth-order valence-electron chi connectivity index (χ4n) is 2.03. The molecule has 0 saturated heterocycles. The lowest BCUT2D eigenvalue weighted by molar-refractivity contribution is 0.552. The molecule has 0 saturated carbocycles. The van der Waals surface area contributed by atoms with Crippen LogP contribution in [0.15, 0.2) is 46.9 Å². The maximum Gasteiger partial charge on any atom is 0.0501 e. The fourth-order valence-corrected chi connectivity index (χ4v) is 2.76. The number of nitrogens with one attached hydrogen (secondary N) is 1. The van der Waals surface area contributed by atoms with Crippen molar-refractivity contribution in [2.45, 2.75) is 19.4 Å². The number of hydrogen-bond donors (Lipinski definition) is 2. The van der Waals surface area contributed by atoms with Crippen molar-refractivity contribution in [3.63, 3.8) is 0 Å². The van der Waals surface area contributed by atoms with Crippen LogP contribution in [0.3, 0.4) is 0 Å². The quantitative estimate of drug-likeness (QED) is 0.648. The van der Waals surface area contributed by atoms with Crippen LogP contribution >= 0.6 is 27.5 Å². The van der Waals surface area contributed by atoms with Crippen molar-refractivity contribution in [2.24, 2.45) is 5.84 Å². The average Bonchev–Trinajstić information content (AvgIpc) is 2.38. The highest BCUT2D eigenvalue weighted by Crippen LogP contribution is 2.25. The molecule has 4 heteroatoms. The van der Waals surface area contributed by atoms with Gasteiger partial charge < -0.3 is 0 Å². The summed E-state index contributed by atoms with van der Waals surface area (Å²) in [6.45, 7) is 2.03. The number of hydrogen-bond acceptors (Lipinski definition) is 2. The lowest BCUT2D eigenvalue weighted by Gasteiger charge is -2.17. The Bertz CT molecular complexity index is 572. The van der Waals surface area contributed by atoms with E-state index in [4.69, 9.17) is 17.4 Å². The van der Waals surface area contributed by atoms with E-state index in [1.807, 2.05) is 25.1 Å². The maximum atomic E-state index is 6.27. The van der Waals surface area contributed by atoms with Crippen molar-refractivity contribution < 1.29 is 0 Å². The Labute approximate surface area is 127 Å².